The number of hydrogen-bond donors (Lipinski definition) is 3. The van der Waals surface area contributed by atoms with Gasteiger partial charge in [0.05, 0.1) is 11.4 Å². The minimum Gasteiger partial charge on any atom is -0.362 e. The van der Waals surface area contributed by atoms with Crippen molar-refractivity contribution in [1.82, 2.24) is 15.3 Å². The number of aromatic nitrogens is 2. The Balaban J connectivity index is 1.31. The van der Waals surface area contributed by atoms with Crippen LogP contribution < -0.4 is 20.9 Å². The Morgan fingerprint density at radius 3 is 2.56 bits per heavy atom. The summed E-state index contributed by atoms with van der Waals surface area (Å²) in [6.45, 7) is 0. The number of halogens is 2. The molecular formula is C23H30ClFN6S. The molecule has 1 heterocycles. The molecule has 0 atom stereocenters. The van der Waals surface area contributed by atoms with Crippen LogP contribution in [0.5, 0.6) is 0 Å². The van der Waals surface area contributed by atoms with E-state index in [1.807, 2.05) is 14.1 Å². The van der Waals surface area contributed by atoms with Crippen LogP contribution in [0.3, 0.4) is 0 Å². The molecule has 6 nitrogen and oxygen atoms in total. The quantitative estimate of drug-likeness (QED) is 0.529. The van der Waals surface area contributed by atoms with Crippen LogP contribution in [0.25, 0.3) is 0 Å². The molecule has 3 N–H and O–H groups in total. The molecule has 0 saturated heterocycles. The predicted octanol–water partition coefficient (Wildman–Crippen LogP) is 4.92. The first-order chi connectivity index (χ1) is 15.4. The Labute approximate surface area is 199 Å². The fourth-order valence-electron chi connectivity index (χ4n) is 4.51. The van der Waals surface area contributed by atoms with Gasteiger partial charge in [0.15, 0.2) is 5.11 Å². The second-order valence-electron chi connectivity index (χ2n) is 8.81. The Hall–Kier alpha value is -2.19. The highest BCUT2D eigenvalue weighted by atomic mass is 35.5. The predicted molar refractivity (Wildman–Crippen MR) is 133 cm³/mol. The maximum atomic E-state index is 13.9. The molecule has 0 unspecified atom stereocenters. The molecule has 0 aliphatic heterocycles. The second-order valence-corrected chi connectivity index (χ2v) is 9.66. The zero-order valence-corrected chi connectivity index (χ0v) is 20.1. The number of benzene rings is 1. The second kappa shape index (κ2) is 10.2. The molecule has 1 saturated carbocycles. The smallest absolute Gasteiger partial charge is 0.225 e. The molecule has 32 heavy (non-hydrogen) atoms. The van der Waals surface area contributed by atoms with Gasteiger partial charge in [-0.25, -0.2) is 9.37 Å². The summed E-state index contributed by atoms with van der Waals surface area (Å²) in [4.78, 5) is 11.8. The van der Waals surface area contributed by atoms with Gasteiger partial charge in [-0.2, -0.15) is 4.98 Å². The number of thiocarbonyl (C=S) groups is 1. The largest absolute Gasteiger partial charge is 0.362 e. The summed E-state index contributed by atoms with van der Waals surface area (Å²) < 4.78 is 13.9. The van der Waals surface area contributed by atoms with E-state index >= 15 is 0 Å². The molecule has 4 rings (SSSR count). The number of fused-ring (bicyclic) bond motifs is 1. The topological polar surface area (TPSA) is 65.1 Å². The average Bonchev–Trinajstić information content (AvgIpc) is 2.77. The third-order valence-electron chi connectivity index (χ3n) is 6.16. The van der Waals surface area contributed by atoms with Crippen molar-refractivity contribution in [3.63, 3.8) is 0 Å². The van der Waals surface area contributed by atoms with Gasteiger partial charge in [-0.05, 0) is 81.8 Å². The van der Waals surface area contributed by atoms with E-state index in [1.54, 1.807) is 0 Å². The van der Waals surface area contributed by atoms with Gasteiger partial charge in [0.25, 0.3) is 0 Å². The molecule has 0 radical (unpaired) electrons. The molecule has 0 spiro atoms. The van der Waals surface area contributed by atoms with Crippen molar-refractivity contribution in [2.75, 3.05) is 29.6 Å². The fourth-order valence-corrected chi connectivity index (χ4v) is 4.96. The van der Waals surface area contributed by atoms with Crippen LogP contribution in [0.1, 0.15) is 49.8 Å². The van der Waals surface area contributed by atoms with Crippen LogP contribution in [0.4, 0.5) is 21.8 Å². The van der Waals surface area contributed by atoms with E-state index in [2.05, 4.69) is 20.9 Å². The van der Waals surface area contributed by atoms with E-state index in [9.17, 15) is 4.39 Å². The highest BCUT2D eigenvalue weighted by molar-refractivity contribution is 7.80. The van der Waals surface area contributed by atoms with Crippen LogP contribution in [0, 0.1) is 5.82 Å². The van der Waals surface area contributed by atoms with Crippen molar-refractivity contribution in [3.8, 4) is 0 Å². The Bertz CT molecular complexity index is 977. The summed E-state index contributed by atoms with van der Waals surface area (Å²) in [5.74, 6) is 1.39. The van der Waals surface area contributed by atoms with Crippen molar-refractivity contribution in [1.29, 1.82) is 0 Å². The van der Waals surface area contributed by atoms with Crippen LogP contribution in [0.2, 0.25) is 5.02 Å². The zero-order valence-electron chi connectivity index (χ0n) is 18.5. The zero-order chi connectivity index (χ0) is 22.7. The molecule has 0 bridgehead atoms. The lowest BCUT2D eigenvalue weighted by Crippen LogP contribution is -2.42. The number of anilines is 3. The summed E-state index contributed by atoms with van der Waals surface area (Å²) in [6, 6.07) is 4.95. The van der Waals surface area contributed by atoms with Crippen LogP contribution in [0.15, 0.2) is 18.2 Å². The van der Waals surface area contributed by atoms with Crippen molar-refractivity contribution in [2.45, 2.75) is 63.5 Å². The van der Waals surface area contributed by atoms with Gasteiger partial charge in [-0.1, -0.05) is 11.6 Å². The molecule has 172 valence electrons. The van der Waals surface area contributed by atoms with Crippen molar-refractivity contribution in [2.24, 2.45) is 0 Å². The lowest BCUT2D eigenvalue weighted by molar-refractivity contribution is 0.387. The van der Waals surface area contributed by atoms with Gasteiger partial charge in [-0.3, -0.25) is 0 Å². The summed E-state index contributed by atoms with van der Waals surface area (Å²) in [7, 11) is 4.09. The Kier molecular flexibility index (Phi) is 7.30. The first kappa shape index (κ1) is 23.0. The molecule has 1 fully saturated rings. The molecular weight excluding hydrogens is 447 g/mol. The minimum absolute atomic E-state index is 0.247. The molecule has 0 amide bonds. The number of nitrogens with zero attached hydrogens (tertiary/aromatic N) is 3. The molecule has 9 heteroatoms. The lowest BCUT2D eigenvalue weighted by atomic mass is 9.91. The number of hydrogen-bond acceptors (Lipinski definition) is 5. The molecule has 2 aliphatic rings. The maximum absolute atomic E-state index is 13.9. The van der Waals surface area contributed by atoms with Gasteiger partial charge in [0, 0.05) is 36.8 Å². The summed E-state index contributed by atoms with van der Waals surface area (Å²) in [5.41, 5.74) is 2.78. The SMILES string of the molecule is CN(C)c1nc(NC2CCC(NC(=S)Nc3cc(Cl)ccc3F)CC2)nc2c1CCCC2. The first-order valence-electron chi connectivity index (χ1n) is 11.3. The Morgan fingerprint density at radius 1 is 1.09 bits per heavy atom. The van der Waals surface area contributed by atoms with E-state index in [1.165, 1.54) is 42.3 Å². The fraction of sp³-hybridized carbons (Fsp3) is 0.522. The number of aryl methyl sites for hydroxylation is 1. The monoisotopic (exact) mass is 476 g/mol. The van der Waals surface area contributed by atoms with Crippen molar-refractivity contribution in [3.05, 3.63) is 40.3 Å². The maximum Gasteiger partial charge on any atom is 0.225 e. The highest BCUT2D eigenvalue weighted by Gasteiger charge is 2.24. The third kappa shape index (κ3) is 5.59. The molecule has 2 aromatic rings. The van der Waals surface area contributed by atoms with Gasteiger partial charge < -0.3 is 20.9 Å². The van der Waals surface area contributed by atoms with Crippen molar-refractivity contribution < 1.29 is 4.39 Å². The van der Waals surface area contributed by atoms with Gasteiger partial charge in [0.1, 0.15) is 11.6 Å². The molecule has 1 aromatic carbocycles. The van der Waals surface area contributed by atoms with Crippen LogP contribution in [-0.4, -0.2) is 41.3 Å². The minimum atomic E-state index is -0.381. The van der Waals surface area contributed by atoms with Gasteiger partial charge in [-0.15, -0.1) is 0 Å². The van der Waals surface area contributed by atoms with E-state index in [0.29, 0.717) is 16.2 Å². The van der Waals surface area contributed by atoms with E-state index < -0.39 is 0 Å². The van der Waals surface area contributed by atoms with Crippen molar-refractivity contribution >= 4 is 46.4 Å². The molecule has 1 aromatic heterocycles. The van der Waals surface area contributed by atoms with E-state index in [4.69, 9.17) is 33.8 Å². The van der Waals surface area contributed by atoms with E-state index in [-0.39, 0.29) is 17.5 Å². The van der Waals surface area contributed by atoms with Gasteiger partial charge in [0.2, 0.25) is 5.95 Å². The number of rotatable bonds is 5. The van der Waals surface area contributed by atoms with Crippen LogP contribution >= 0.6 is 23.8 Å². The summed E-state index contributed by atoms with van der Waals surface area (Å²) >= 11 is 11.3. The number of nitrogens with one attached hydrogen (secondary N) is 3. The normalized spacial score (nSPS) is 20.2. The lowest BCUT2D eigenvalue weighted by Gasteiger charge is -2.31. The van der Waals surface area contributed by atoms with Crippen LogP contribution in [-0.2, 0) is 12.8 Å². The van der Waals surface area contributed by atoms with E-state index in [0.717, 1.165) is 50.3 Å². The average molecular weight is 477 g/mol. The summed E-state index contributed by atoms with van der Waals surface area (Å²) in [6.07, 6.45) is 8.40. The third-order valence-corrected chi connectivity index (χ3v) is 6.61. The highest BCUT2D eigenvalue weighted by Crippen LogP contribution is 2.29. The first-order valence-corrected chi connectivity index (χ1v) is 12.0. The van der Waals surface area contributed by atoms with Gasteiger partial charge >= 0.3 is 0 Å². The Morgan fingerprint density at radius 2 is 1.81 bits per heavy atom. The summed E-state index contributed by atoms with van der Waals surface area (Å²) in [5, 5.41) is 10.7. The molecule has 2 aliphatic carbocycles. The standard InChI is InChI=1S/C23H30ClFN6S/c1-31(2)21-17-5-3-4-6-19(17)28-22(30-21)26-15-8-10-16(11-9-15)27-23(32)29-20-13-14(24)7-12-18(20)25/h7,12-13,15-16H,3-6,8-11H2,1-2H3,(H,26,28,30)(H2,27,29,32).